The van der Waals surface area contributed by atoms with Crippen LogP contribution in [0.25, 0.3) is 10.4 Å². The molecule has 2 aromatic rings. The first-order valence-corrected chi connectivity index (χ1v) is 13.7. The molecule has 0 radical (unpaired) electrons. The number of aromatic nitrogens is 1. The number of amides is 3. The van der Waals surface area contributed by atoms with Crippen LogP contribution in [-0.4, -0.2) is 57.4 Å². The quantitative estimate of drug-likeness (QED) is 0.486. The van der Waals surface area contributed by atoms with Gasteiger partial charge in [-0.15, -0.1) is 11.3 Å². The number of likely N-dealkylation sites (tertiary alicyclic amines) is 1. The van der Waals surface area contributed by atoms with Crippen LogP contribution in [0, 0.1) is 18.3 Å². The van der Waals surface area contributed by atoms with Gasteiger partial charge in [-0.25, -0.2) is 4.98 Å². The maximum Gasteiger partial charge on any atom is 0.246 e. The summed E-state index contributed by atoms with van der Waals surface area (Å²) < 4.78 is 0. The Balaban J connectivity index is 1.78. The molecule has 9 heteroatoms. The number of nitrogens with zero attached hydrogens (tertiary/aromatic N) is 2. The zero-order valence-electron chi connectivity index (χ0n) is 22.9. The lowest BCUT2D eigenvalue weighted by molar-refractivity contribution is -0.143. The molecule has 1 aromatic carbocycles. The third-order valence-electron chi connectivity index (χ3n) is 6.62. The van der Waals surface area contributed by atoms with Crippen molar-refractivity contribution in [1.82, 2.24) is 20.5 Å². The number of β-amino-alcohol motifs (C(OH)–C–C–N with tert-alkyl or cyclic N) is 1. The molecule has 2 heterocycles. The van der Waals surface area contributed by atoms with E-state index in [-0.39, 0.29) is 30.7 Å². The standard InChI is InChI=1S/C28H40N4O4S/c1-16(2)10-21-11-19(24-17(3)30-15-37-24)8-9-20(21)13-29-26(35)23-12-22(34)14-32(23)27(36)25(28(5,6)7)31-18(4)33/h8-9,11,15-16,22-23,25,34H,10,12-14H2,1-7H3,(H,29,35)(H,31,33)/t22-,23+,25-/m1/s1. The molecule has 0 spiro atoms. The number of nitrogens with one attached hydrogen (secondary N) is 2. The number of aryl methyl sites for hydroxylation is 1. The van der Waals surface area contributed by atoms with E-state index in [9.17, 15) is 19.5 Å². The molecule has 0 unspecified atom stereocenters. The van der Waals surface area contributed by atoms with Crippen molar-refractivity contribution >= 4 is 29.1 Å². The number of benzene rings is 1. The van der Waals surface area contributed by atoms with Crippen LogP contribution >= 0.6 is 11.3 Å². The van der Waals surface area contributed by atoms with Crippen molar-refractivity contribution in [3.8, 4) is 10.4 Å². The number of aliphatic hydroxyl groups is 1. The predicted octanol–water partition coefficient (Wildman–Crippen LogP) is 3.45. The molecule has 1 aliphatic heterocycles. The lowest BCUT2D eigenvalue weighted by Gasteiger charge is -2.35. The summed E-state index contributed by atoms with van der Waals surface area (Å²) >= 11 is 1.61. The van der Waals surface area contributed by atoms with Crippen molar-refractivity contribution in [1.29, 1.82) is 0 Å². The van der Waals surface area contributed by atoms with E-state index in [0.717, 1.165) is 28.1 Å². The third kappa shape index (κ3) is 7.17. The summed E-state index contributed by atoms with van der Waals surface area (Å²) in [5.41, 5.74) is 5.60. The van der Waals surface area contributed by atoms with Crippen molar-refractivity contribution in [3.05, 3.63) is 40.5 Å². The molecule has 3 amide bonds. The smallest absolute Gasteiger partial charge is 0.246 e. The molecule has 3 atom stereocenters. The summed E-state index contributed by atoms with van der Waals surface area (Å²) in [6, 6.07) is 4.69. The van der Waals surface area contributed by atoms with Crippen molar-refractivity contribution < 1.29 is 19.5 Å². The number of hydrogen-bond acceptors (Lipinski definition) is 6. The Morgan fingerprint density at radius 1 is 1.22 bits per heavy atom. The highest BCUT2D eigenvalue weighted by atomic mass is 32.1. The van der Waals surface area contributed by atoms with Crippen molar-refractivity contribution in [2.24, 2.45) is 11.3 Å². The normalized spacial score (nSPS) is 18.7. The van der Waals surface area contributed by atoms with Crippen molar-refractivity contribution in [3.63, 3.8) is 0 Å². The summed E-state index contributed by atoms with van der Waals surface area (Å²) in [7, 11) is 0. The molecule has 3 N–H and O–H groups in total. The number of thiazole rings is 1. The van der Waals surface area contributed by atoms with E-state index in [1.807, 2.05) is 39.3 Å². The van der Waals surface area contributed by atoms with E-state index in [4.69, 9.17) is 0 Å². The first-order valence-electron chi connectivity index (χ1n) is 12.8. The lowest BCUT2D eigenvalue weighted by atomic mass is 9.85. The molecule has 202 valence electrons. The van der Waals surface area contributed by atoms with E-state index in [1.165, 1.54) is 17.4 Å². The lowest BCUT2D eigenvalue weighted by Crippen LogP contribution is -2.57. The van der Waals surface area contributed by atoms with Gasteiger partial charge in [0.15, 0.2) is 0 Å². The first-order chi connectivity index (χ1) is 17.3. The summed E-state index contributed by atoms with van der Waals surface area (Å²) in [4.78, 5) is 45.4. The van der Waals surface area contributed by atoms with Crippen LogP contribution < -0.4 is 10.6 Å². The van der Waals surface area contributed by atoms with Gasteiger partial charge in [0, 0.05) is 26.4 Å². The van der Waals surface area contributed by atoms with Crippen LogP contribution in [0.5, 0.6) is 0 Å². The van der Waals surface area contributed by atoms with Gasteiger partial charge >= 0.3 is 0 Å². The third-order valence-corrected chi connectivity index (χ3v) is 7.60. The van der Waals surface area contributed by atoms with Gasteiger partial charge in [-0.3, -0.25) is 14.4 Å². The fraction of sp³-hybridized carbons (Fsp3) is 0.571. The van der Waals surface area contributed by atoms with Crippen molar-refractivity contribution in [2.75, 3.05) is 6.54 Å². The molecule has 0 saturated carbocycles. The molecule has 1 saturated heterocycles. The molecular weight excluding hydrogens is 488 g/mol. The molecule has 37 heavy (non-hydrogen) atoms. The highest BCUT2D eigenvalue weighted by Gasteiger charge is 2.44. The maximum atomic E-state index is 13.4. The second kappa shape index (κ2) is 11.7. The van der Waals surface area contributed by atoms with Crippen LogP contribution in [0.4, 0.5) is 0 Å². The van der Waals surface area contributed by atoms with Crippen LogP contribution in [0.15, 0.2) is 23.7 Å². The van der Waals surface area contributed by atoms with Gasteiger partial charge in [0.25, 0.3) is 0 Å². The highest BCUT2D eigenvalue weighted by Crippen LogP contribution is 2.30. The largest absolute Gasteiger partial charge is 0.391 e. The summed E-state index contributed by atoms with van der Waals surface area (Å²) in [6.07, 6.45) is 0.237. The number of aliphatic hydroxyl groups excluding tert-OH is 1. The summed E-state index contributed by atoms with van der Waals surface area (Å²) in [5.74, 6) is -0.542. The number of carbonyl (C=O) groups is 3. The van der Waals surface area contributed by atoms with Gasteiger partial charge in [0.2, 0.25) is 17.7 Å². The molecule has 0 bridgehead atoms. The predicted molar refractivity (Wildman–Crippen MR) is 146 cm³/mol. The average Bonchev–Trinajstić information content (AvgIpc) is 3.40. The molecule has 8 nitrogen and oxygen atoms in total. The topological polar surface area (TPSA) is 112 Å². The highest BCUT2D eigenvalue weighted by molar-refractivity contribution is 7.13. The Labute approximate surface area is 223 Å². The molecular formula is C28H40N4O4S. The minimum absolute atomic E-state index is 0.0601. The number of carbonyl (C=O) groups excluding carboxylic acids is 3. The van der Waals surface area contributed by atoms with Gasteiger partial charge < -0.3 is 20.6 Å². The maximum absolute atomic E-state index is 13.4. The Kier molecular flexibility index (Phi) is 9.13. The minimum Gasteiger partial charge on any atom is -0.391 e. The zero-order valence-corrected chi connectivity index (χ0v) is 23.7. The molecule has 1 fully saturated rings. The summed E-state index contributed by atoms with van der Waals surface area (Å²) in [5, 5.41) is 16.1. The zero-order chi connectivity index (χ0) is 27.5. The Morgan fingerprint density at radius 3 is 2.49 bits per heavy atom. The van der Waals surface area contributed by atoms with Gasteiger partial charge in [-0.05, 0) is 47.4 Å². The molecule has 0 aliphatic carbocycles. The van der Waals surface area contributed by atoms with Gasteiger partial charge in [0.1, 0.15) is 12.1 Å². The van der Waals surface area contributed by atoms with E-state index in [2.05, 4.69) is 41.6 Å². The Hall–Kier alpha value is -2.78. The molecule has 3 rings (SSSR count). The van der Waals surface area contributed by atoms with Crippen LogP contribution in [0.3, 0.4) is 0 Å². The Bertz CT molecular complexity index is 1140. The fourth-order valence-electron chi connectivity index (χ4n) is 4.77. The van der Waals surface area contributed by atoms with Crippen molar-refractivity contribution in [2.45, 2.75) is 86.0 Å². The van der Waals surface area contributed by atoms with E-state index in [1.54, 1.807) is 11.3 Å². The average molecular weight is 529 g/mol. The minimum atomic E-state index is -0.800. The second-order valence-electron chi connectivity index (χ2n) is 11.5. The van der Waals surface area contributed by atoms with E-state index >= 15 is 0 Å². The van der Waals surface area contributed by atoms with Gasteiger partial charge in [-0.1, -0.05) is 46.8 Å². The second-order valence-corrected chi connectivity index (χ2v) is 12.3. The molecule has 1 aromatic heterocycles. The SMILES string of the molecule is CC(=O)N[C@H](C(=O)N1C[C@H](O)C[C@H]1C(=O)NCc1ccc(-c2scnc2C)cc1CC(C)C)C(C)(C)C. The number of hydrogen-bond donors (Lipinski definition) is 3. The van der Waals surface area contributed by atoms with Gasteiger partial charge in [0.05, 0.1) is 22.2 Å². The van der Waals surface area contributed by atoms with Crippen LogP contribution in [0.1, 0.15) is 64.8 Å². The van der Waals surface area contributed by atoms with E-state index < -0.39 is 23.6 Å². The van der Waals surface area contributed by atoms with Gasteiger partial charge in [-0.2, -0.15) is 0 Å². The fourth-order valence-corrected chi connectivity index (χ4v) is 5.57. The first kappa shape index (κ1) is 28.8. The molecule has 1 aliphatic rings. The Morgan fingerprint density at radius 2 is 1.92 bits per heavy atom. The van der Waals surface area contributed by atoms with E-state index in [0.29, 0.717) is 12.5 Å². The number of rotatable bonds is 8. The monoisotopic (exact) mass is 528 g/mol. The van der Waals surface area contributed by atoms with Crippen LogP contribution in [0.2, 0.25) is 0 Å². The summed E-state index contributed by atoms with van der Waals surface area (Å²) in [6.45, 7) is 13.7. The van der Waals surface area contributed by atoms with Crippen LogP contribution in [-0.2, 0) is 27.3 Å².